The molecule has 1 saturated heterocycles. The summed E-state index contributed by atoms with van der Waals surface area (Å²) >= 11 is 0. The standard InChI is InChI=1S/C17H26N2O3S/c1-3-19(13-15-7-5-4-6-8-15)17(20)9-11-18(2)16-10-12-23(21,22)14-16/h4-8,16H,3,9-14H2,1-2H3. The van der Waals surface area contributed by atoms with Crippen LogP contribution in [-0.2, 0) is 21.2 Å². The Balaban J connectivity index is 1.83. The van der Waals surface area contributed by atoms with E-state index in [2.05, 4.69) is 0 Å². The van der Waals surface area contributed by atoms with Crippen LogP contribution < -0.4 is 0 Å². The van der Waals surface area contributed by atoms with E-state index < -0.39 is 9.84 Å². The van der Waals surface area contributed by atoms with Crippen molar-refractivity contribution in [3.05, 3.63) is 35.9 Å². The van der Waals surface area contributed by atoms with Gasteiger partial charge in [-0.1, -0.05) is 30.3 Å². The first kappa shape index (κ1) is 17.9. The molecule has 0 aliphatic carbocycles. The lowest BCUT2D eigenvalue weighted by Gasteiger charge is -2.25. The highest BCUT2D eigenvalue weighted by atomic mass is 32.2. The highest BCUT2D eigenvalue weighted by Crippen LogP contribution is 2.17. The quantitative estimate of drug-likeness (QED) is 0.757. The second-order valence-corrected chi connectivity index (χ2v) is 8.41. The summed E-state index contributed by atoms with van der Waals surface area (Å²) in [5.41, 5.74) is 1.12. The first-order chi connectivity index (χ1) is 10.9. The first-order valence-electron chi connectivity index (χ1n) is 8.13. The summed E-state index contributed by atoms with van der Waals surface area (Å²) in [6.07, 6.45) is 1.10. The van der Waals surface area contributed by atoms with Gasteiger partial charge in [0.15, 0.2) is 9.84 Å². The van der Waals surface area contributed by atoms with Gasteiger partial charge in [0.05, 0.1) is 11.5 Å². The van der Waals surface area contributed by atoms with Gasteiger partial charge in [0.25, 0.3) is 0 Å². The maximum Gasteiger partial charge on any atom is 0.224 e. The van der Waals surface area contributed by atoms with Crippen LogP contribution in [0, 0.1) is 0 Å². The largest absolute Gasteiger partial charge is 0.339 e. The monoisotopic (exact) mass is 338 g/mol. The summed E-state index contributed by atoms with van der Waals surface area (Å²) in [5, 5.41) is 0. The van der Waals surface area contributed by atoms with Gasteiger partial charge in [-0.05, 0) is 26.0 Å². The zero-order valence-electron chi connectivity index (χ0n) is 13.9. The number of carbonyl (C=O) groups is 1. The maximum atomic E-state index is 12.4. The normalized spacial score (nSPS) is 19.9. The van der Waals surface area contributed by atoms with E-state index in [9.17, 15) is 13.2 Å². The van der Waals surface area contributed by atoms with Gasteiger partial charge in [0, 0.05) is 32.1 Å². The molecule has 0 bridgehead atoms. The Hall–Kier alpha value is -1.40. The van der Waals surface area contributed by atoms with Crippen molar-refractivity contribution in [3.63, 3.8) is 0 Å². The third kappa shape index (κ3) is 5.32. The number of sulfone groups is 1. The predicted molar refractivity (Wildman–Crippen MR) is 91.8 cm³/mol. The van der Waals surface area contributed by atoms with E-state index in [0.717, 1.165) is 5.56 Å². The molecule has 23 heavy (non-hydrogen) atoms. The van der Waals surface area contributed by atoms with Crippen molar-refractivity contribution in [3.8, 4) is 0 Å². The van der Waals surface area contributed by atoms with Crippen LogP contribution in [-0.4, -0.2) is 61.8 Å². The molecule has 0 radical (unpaired) electrons. The SMILES string of the molecule is CCN(Cc1ccccc1)C(=O)CCN(C)C1CCS(=O)(=O)C1. The summed E-state index contributed by atoms with van der Waals surface area (Å²) in [5.74, 6) is 0.605. The second-order valence-electron chi connectivity index (χ2n) is 6.18. The van der Waals surface area contributed by atoms with Crippen LogP contribution in [0.4, 0.5) is 0 Å². The van der Waals surface area contributed by atoms with Crippen LogP contribution in [0.2, 0.25) is 0 Å². The van der Waals surface area contributed by atoms with Crippen LogP contribution in [0.15, 0.2) is 30.3 Å². The Morgan fingerprint density at radius 2 is 1.96 bits per heavy atom. The van der Waals surface area contributed by atoms with Crippen LogP contribution in [0.5, 0.6) is 0 Å². The maximum absolute atomic E-state index is 12.4. The van der Waals surface area contributed by atoms with E-state index in [1.807, 2.05) is 54.1 Å². The van der Waals surface area contributed by atoms with E-state index in [-0.39, 0.29) is 23.5 Å². The zero-order chi connectivity index (χ0) is 16.9. The molecule has 1 aromatic rings. The topological polar surface area (TPSA) is 57.7 Å². The van der Waals surface area contributed by atoms with Crippen molar-refractivity contribution < 1.29 is 13.2 Å². The van der Waals surface area contributed by atoms with E-state index in [1.54, 1.807) is 0 Å². The number of hydrogen-bond acceptors (Lipinski definition) is 4. The molecule has 1 atom stereocenters. The Bertz CT molecular complexity index is 616. The van der Waals surface area contributed by atoms with Gasteiger partial charge in [-0.15, -0.1) is 0 Å². The third-order valence-electron chi connectivity index (χ3n) is 4.46. The molecule has 0 aromatic heterocycles. The van der Waals surface area contributed by atoms with E-state index in [1.165, 1.54) is 0 Å². The number of benzene rings is 1. The molecule has 1 aliphatic rings. The Labute approximate surface area is 139 Å². The minimum atomic E-state index is -2.88. The fourth-order valence-corrected chi connectivity index (χ4v) is 4.72. The molecule has 1 unspecified atom stereocenters. The molecular weight excluding hydrogens is 312 g/mol. The van der Waals surface area contributed by atoms with Crippen LogP contribution in [0.25, 0.3) is 0 Å². The Morgan fingerprint density at radius 3 is 2.52 bits per heavy atom. The fourth-order valence-electron chi connectivity index (χ4n) is 2.92. The third-order valence-corrected chi connectivity index (χ3v) is 6.21. The molecule has 1 aromatic carbocycles. The second kappa shape index (κ2) is 7.93. The number of carbonyl (C=O) groups excluding carboxylic acids is 1. The summed E-state index contributed by atoms with van der Waals surface area (Å²) in [7, 11) is -0.969. The Morgan fingerprint density at radius 1 is 1.26 bits per heavy atom. The molecule has 5 nitrogen and oxygen atoms in total. The fraction of sp³-hybridized carbons (Fsp3) is 0.588. The molecule has 2 rings (SSSR count). The minimum Gasteiger partial charge on any atom is -0.339 e. The summed E-state index contributed by atoms with van der Waals surface area (Å²) < 4.78 is 23.1. The molecule has 1 heterocycles. The van der Waals surface area contributed by atoms with Gasteiger partial charge >= 0.3 is 0 Å². The molecule has 1 fully saturated rings. The number of amides is 1. The lowest BCUT2D eigenvalue weighted by atomic mass is 10.2. The zero-order valence-corrected chi connectivity index (χ0v) is 14.8. The number of rotatable bonds is 7. The summed E-state index contributed by atoms with van der Waals surface area (Å²) in [6, 6.07) is 10.0. The number of nitrogens with zero attached hydrogens (tertiary/aromatic N) is 2. The highest BCUT2D eigenvalue weighted by Gasteiger charge is 2.30. The first-order valence-corrected chi connectivity index (χ1v) is 9.96. The van der Waals surface area contributed by atoms with Gasteiger partial charge < -0.3 is 9.80 Å². The average Bonchev–Trinajstić information content (AvgIpc) is 2.91. The molecule has 6 heteroatoms. The van der Waals surface area contributed by atoms with Crippen molar-refractivity contribution in [1.82, 2.24) is 9.80 Å². The number of hydrogen-bond donors (Lipinski definition) is 0. The molecule has 0 N–H and O–H groups in total. The smallest absolute Gasteiger partial charge is 0.224 e. The van der Waals surface area contributed by atoms with Gasteiger partial charge in [-0.25, -0.2) is 8.42 Å². The molecule has 0 spiro atoms. The molecule has 0 saturated carbocycles. The molecule has 1 aliphatic heterocycles. The van der Waals surface area contributed by atoms with Gasteiger partial charge in [0.2, 0.25) is 5.91 Å². The summed E-state index contributed by atoms with van der Waals surface area (Å²) in [6.45, 7) is 3.88. The van der Waals surface area contributed by atoms with Gasteiger partial charge in [0.1, 0.15) is 0 Å². The molecule has 128 valence electrons. The van der Waals surface area contributed by atoms with Gasteiger partial charge in [-0.2, -0.15) is 0 Å². The molecule has 1 amide bonds. The van der Waals surface area contributed by atoms with Crippen LogP contribution >= 0.6 is 0 Å². The Kier molecular flexibility index (Phi) is 6.18. The van der Waals surface area contributed by atoms with Crippen LogP contribution in [0.3, 0.4) is 0 Å². The van der Waals surface area contributed by atoms with Crippen molar-refractivity contribution in [1.29, 1.82) is 0 Å². The summed E-state index contributed by atoms with van der Waals surface area (Å²) in [4.78, 5) is 16.3. The lowest BCUT2D eigenvalue weighted by Crippen LogP contribution is -2.37. The highest BCUT2D eigenvalue weighted by molar-refractivity contribution is 7.91. The average molecular weight is 338 g/mol. The van der Waals surface area contributed by atoms with Gasteiger partial charge in [-0.3, -0.25) is 4.79 Å². The predicted octanol–water partition coefficient (Wildman–Crippen LogP) is 1.54. The van der Waals surface area contributed by atoms with Crippen molar-refractivity contribution >= 4 is 15.7 Å². The lowest BCUT2D eigenvalue weighted by molar-refractivity contribution is -0.132. The van der Waals surface area contributed by atoms with E-state index >= 15 is 0 Å². The molecular formula is C17H26N2O3S. The minimum absolute atomic E-state index is 0.0528. The van der Waals surface area contributed by atoms with Crippen molar-refractivity contribution in [2.45, 2.75) is 32.4 Å². The van der Waals surface area contributed by atoms with Crippen LogP contribution in [0.1, 0.15) is 25.3 Å². The van der Waals surface area contributed by atoms with E-state index in [4.69, 9.17) is 0 Å². The van der Waals surface area contributed by atoms with E-state index in [0.29, 0.717) is 32.5 Å². The van der Waals surface area contributed by atoms with Crippen molar-refractivity contribution in [2.24, 2.45) is 0 Å². The van der Waals surface area contributed by atoms with Crippen molar-refractivity contribution in [2.75, 3.05) is 31.6 Å².